The summed E-state index contributed by atoms with van der Waals surface area (Å²) in [6, 6.07) is 8.11. The first-order valence-corrected chi connectivity index (χ1v) is 8.38. The highest BCUT2D eigenvalue weighted by Crippen LogP contribution is 2.36. The molecule has 2 aliphatic heterocycles. The van der Waals surface area contributed by atoms with Gasteiger partial charge >= 0.3 is 0 Å². The number of carbonyl (C=O) groups excluding carboxylic acids is 1. The first-order chi connectivity index (χ1) is 10.3. The average molecular weight is 307 g/mol. The van der Waals surface area contributed by atoms with Crippen LogP contribution in [0.4, 0.5) is 0 Å². The van der Waals surface area contributed by atoms with Crippen LogP contribution in [-0.4, -0.2) is 30.4 Å². The molecule has 2 fully saturated rings. The molecule has 1 unspecified atom stereocenters. The summed E-state index contributed by atoms with van der Waals surface area (Å²) >= 11 is 6.32. The molecule has 0 radical (unpaired) electrons. The zero-order valence-corrected chi connectivity index (χ0v) is 13.1. The molecule has 2 saturated heterocycles. The van der Waals surface area contributed by atoms with E-state index in [-0.39, 0.29) is 6.04 Å². The van der Waals surface area contributed by atoms with Crippen molar-refractivity contribution >= 4 is 17.5 Å². The van der Waals surface area contributed by atoms with Gasteiger partial charge in [-0.15, -0.1) is 0 Å². The topological polar surface area (TPSA) is 32.3 Å². The van der Waals surface area contributed by atoms with Crippen molar-refractivity contribution in [3.8, 4) is 0 Å². The van der Waals surface area contributed by atoms with E-state index in [1.807, 2.05) is 18.2 Å². The lowest BCUT2D eigenvalue weighted by Crippen LogP contribution is -2.35. The molecule has 1 N–H and O–H groups in total. The van der Waals surface area contributed by atoms with Crippen molar-refractivity contribution in [2.45, 2.75) is 38.1 Å². The average Bonchev–Trinajstić information content (AvgIpc) is 2.98. The van der Waals surface area contributed by atoms with Gasteiger partial charge in [-0.3, -0.25) is 4.79 Å². The van der Waals surface area contributed by atoms with Crippen LogP contribution in [-0.2, 0) is 4.79 Å². The molecule has 1 atom stereocenters. The third kappa shape index (κ3) is 3.41. The minimum absolute atomic E-state index is 0.174. The number of carbonyl (C=O) groups is 1. The van der Waals surface area contributed by atoms with Gasteiger partial charge in [-0.1, -0.05) is 29.8 Å². The minimum Gasteiger partial charge on any atom is -0.336 e. The smallest absolute Gasteiger partial charge is 0.223 e. The highest BCUT2D eigenvalue weighted by Gasteiger charge is 2.32. The van der Waals surface area contributed by atoms with Crippen LogP contribution in [0.2, 0.25) is 5.02 Å². The predicted octanol–water partition coefficient (Wildman–Crippen LogP) is 3.39. The molecule has 1 amide bonds. The summed E-state index contributed by atoms with van der Waals surface area (Å²) in [5, 5.41) is 4.14. The van der Waals surface area contributed by atoms with Gasteiger partial charge in [0.1, 0.15) is 0 Å². The first-order valence-electron chi connectivity index (χ1n) is 8.00. The van der Waals surface area contributed by atoms with Crippen molar-refractivity contribution < 1.29 is 4.79 Å². The third-order valence-electron chi connectivity index (χ3n) is 4.76. The summed E-state index contributed by atoms with van der Waals surface area (Å²) in [5.41, 5.74) is 1.11. The number of hydrogen-bond acceptors (Lipinski definition) is 2. The molecule has 3 nitrogen and oxygen atoms in total. The molecule has 1 aromatic carbocycles. The van der Waals surface area contributed by atoms with Gasteiger partial charge in [0.05, 0.1) is 6.04 Å². The van der Waals surface area contributed by atoms with Crippen LogP contribution in [0.1, 0.15) is 43.7 Å². The number of piperidine rings is 1. The van der Waals surface area contributed by atoms with Crippen molar-refractivity contribution in [3.05, 3.63) is 34.9 Å². The summed E-state index contributed by atoms with van der Waals surface area (Å²) < 4.78 is 0. The van der Waals surface area contributed by atoms with Crippen molar-refractivity contribution in [1.29, 1.82) is 0 Å². The Bertz CT molecular complexity index is 499. The van der Waals surface area contributed by atoms with Crippen LogP contribution in [0, 0.1) is 5.92 Å². The van der Waals surface area contributed by atoms with E-state index in [0.29, 0.717) is 18.2 Å². The van der Waals surface area contributed by atoms with Crippen molar-refractivity contribution in [3.63, 3.8) is 0 Å². The molecule has 114 valence electrons. The van der Waals surface area contributed by atoms with Gasteiger partial charge in [-0.05, 0) is 56.3 Å². The highest BCUT2D eigenvalue weighted by molar-refractivity contribution is 6.31. The number of hydrogen-bond donors (Lipinski definition) is 1. The number of benzene rings is 1. The van der Waals surface area contributed by atoms with E-state index in [0.717, 1.165) is 55.9 Å². The SMILES string of the molecule is O=C(CC1CCNCC1)N1CCCC1c1ccccc1Cl. The number of halogens is 1. The molecule has 1 aromatic rings. The molecular weight excluding hydrogens is 284 g/mol. The minimum atomic E-state index is 0.174. The van der Waals surface area contributed by atoms with Gasteiger partial charge in [0.25, 0.3) is 0 Å². The van der Waals surface area contributed by atoms with E-state index in [1.54, 1.807) is 0 Å². The van der Waals surface area contributed by atoms with E-state index in [9.17, 15) is 4.79 Å². The zero-order valence-electron chi connectivity index (χ0n) is 12.4. The lowest BCUT2D eigenvalue weighted by atomic mass is 9.93. The van der Waals surface area contributed by atoms with Crippen LogP contribution in [0.3, 0.4) is 0 Å². The molecule has 0 bridgehead atoms. The predicted molar refractivity (Wildman–Crippen MR) is 85.4 cm³/mol. The van der Waals surface area contributed by atoms with Crippen molar-refractivity contribution in [1.82, 2.24) is 10.2 Å². The largest absolute Gasteiger partial charge is 0.336 e. The van der Waals surface area contributed by atoms with Crippen LogP contribution < -0.4 is 5.32 Å². The lowest BCUT2D eigenvalue weighted by molar-refractivity contribution is -0.133. The summed E-state index contributed by atoms with van der Waals surface area (Å²) in [4.78, 5) is 14.7. The van der Waals surface area contributed by atoms with Gasteiger partial charge in [0.15, 0.2) is 0 Å². The lowest BCUT2D eigenvalue weighted by Gasteiger charge is -2.29. The highest BCUT2D eigenvalue weighted by atomic mass is 35.5. The van der Waals surface area contributed by atoms with E-state index in [4.69, 9.17) is 11.6 Å². The fourth-order valence-electron chi connectivity index (χ4n) is 3.58. The number of rotatable bonds is 3. The summed E-state index contributed by atoms with van der Waals surface area (Å²) in [6.45, 7) is 2.97. The molecule has 0 aromatic heterocycles. The summed E-state index contributed by atoms with van der Waals surface area (Å²) in [6.07, 6.45) is 5.05. The first kappa shape index (κ1) is 14.9. The number of nitrogens with one attached hydrogen (secondary N) is 1. The van der Waals surface area contributed by atoms with Gasteiger partial charge in [0, 0.05) is 18.0 Å². The molecule has 0 aliphatic carbocycles. The van der Waals surface area contributed by atoms with E-state index < -0.39 is 0 Å². The Kier molecular flexibility index (Phi) is 4.81. The Morgan fingerprint density at radius 3 is 2.76 bits per heavy atom. The van der Waals surface area contributed by atoms with Gasteiger partial charge in [-0.2, -0.15) is 0 Å². The Labute approximate surface area is 131 Å². The maximum absolute atomic E-state index is 12.7. The van der Waals surface area contributed by atoms with Crippen LogP contribution in [0.15, 0.2) is 24.3 Å². The number of nitrogens with zero attached hydrogens (tertiary/aromatic N) is 1. The quantitative estimate of drug-likeness (QED) is 0.928. The van der Waals surface area contributed by atoms with Crippen molar-refractivity contribution in [2.75, 3.05) is 19.6 Å². The maximum atomic E-state index is 12.7. The zero-order chi connectivity index (χ0) is 14.7. The van der Waals surface area contributed by atoms with Crippen LogP contribution >= 0.6 is 11.6 Å². The third-order valence-corrected chi connectivity index (χ3v) is 5.10. The van der Waals surface area contributed by atoms with Crippen LogP contribution in [0.5, 0.6) is 0 Å². The number of likely N-dealkylation sites (tertiary alicyclic amines) is 1. The number of amides is 1. The van der Waals surface area contributed by atoms with Gasteiger partial charge < -0.3 is 10.2 Å². The molecule has 21 heavy (non-hydrogen) atoms. The Balaban J connectivity index is 1.68. The van der Waals surface area contributed by atoms with Crippen molar-refractivity contribution in [2.24, 2.45) is 5.92 Å². The van der Waals surface area contributed by atoms with E-state index in [1.165, 1.54) is 0 Å². The van der Waals surface area contributed by atoms with Gasteiger partial charge in [0.2, 0.25) is 5.91 Å². The normalized spacial score (nSPS) is 23.5. The molecule has 2 heterocycles. The molecular formula is C17H23ClN2O. The standard InChI is InChI=1S/C17H23ClN2O/c18-15-5-2-1-4-14(15)16-6-3-11-20(16)17(21)12-13-7-9-19-10-8-13/h1-2,4-5,13,16,19H,3,6-12H2. The molecule has 0 spiro atoms. The summed E-state index contributed by atoms with van der Waals surface area (Å²) in [7, 11) is 0. The van der Waals surface area contributed by atoms with E-state index >= 15 is 0 Å². The molecule has 2 aliphatic rings. The maximum Gasteiger partial charge on any atom is 0.223 e. The monoisotopic (exact) mass is 306 g/mol. The second-order valence-electron chi connectivity index (χ2n) is 6.16. The van der Waals surface area contributed by atoms with E-state index in [2.05, 4.69) is 16.3 Å². The second kappa shape index (κ2) is 6.80. The summed E-state index contributed by atoms with van der Waals surface area (Å²) in [5.74, 6) is 0.857. The fourth-order valence-corrected chi connectivity index (χ4v) is 3.85. The Hall–Kier alpha value is -1.06. The molecule has 3 rings (SSSR count). The van der Waals surface area contributed by atoms with Gasteiger partial charge in [-0.25, -0.2) is 0 Å². The Morgan fingerprint density at radius 2 is 2.00 bits per heavy atom. The van der Waals surface area contributed by atoms with Crippen LogP contribution in [0.25, 0.3) is 0 Å². The molecule has 4 heteroatoms. The molecule has 0 saturated carbocycles. The second-order valence-corrected chi connectivity index (χ2v) is 6.57. The Morgan fingerprint density at radius 1 is 1.24 bits per heavy atom. The fraction of sp³-hybridized carbons (Fsp3) is 0.588.